The van der Waals surface area contributed by atoms with Gasteiger partial charge in [-0.2, -0.15) is 5.10 Å². The number of nitrogens with two attached hydrogens (primary N) is 1. The van der Waals surface area contributed by atoms with E-state index >= 15 is 0 Å². The molecule has 148 valence electrons. The number of hydrogen-bond donors (Lipinski definition) is 2. The fourth-order valence-corrected chi connectivity index (χ4v) is 5.14. The highest BCUT2D eigenvalue weighted by atomic mass is 79.9. The van der Waals surface area contributed by atoms with Gasteiger partial charge in [0.15, 0.2) is 0 Å². The summed E-state index contributed by atoms with van der Waals surface area (Å²) >= 11 is 4.90. The van der Waals surface area contributed by atoms with Gasteiger partial charge in [-0.1, -0.05) is 6.07 Å². The Bertz CT molecular complexity index is 1230. The van der Waals surface area contributed by atoms with Gasteiger partial charge in [-0.05, 0) is 40.9 Å². The summed E-state index contributed by atoms with van der Waals surface area (Å²) in [6, 6.07) is 5.76. The van der Waals surface area contributed by atoms with Crippen molar-refractivity contribution in [1.82, 2.24) is 19.7 Å². The molecule has 1 aromatic carbocycles. The number of thiophene rings is 1. The number of benzene rings is 1. The largest absolute Gasteiger partial charge is 0.382 e. The average Bonchev–Trinajstić information content (AvgIpc) is 3.43. The fourth-order valence-electron chi connectivity index (χ4n) is 3.63. The number of anilines is 2. The minimum absolute atomic E-state index is 0.172. The molecule has 1 aliphatic heterocycles. The van der Waals surface area contributed by atoms with Crippen molar-refractivity contribution < 1.29 is 9.53 Å². The molecular weight excluding hydrogens is 456 g/mol. The Hall–Kier alpha value is -2.56. The van der Waals surface area contributed by atoms with Crippen LogP contribution >= 0.6 is 27.3 Å². The van der Waals surface area contributed by atoms with Gasteiger partial charge in [-0.15, -0.1) is 11.3 Å². The Morgan fingerprint density at radius 2 is 2.31 bits per heavy atom. The van der Waals surface area contributed by atoms with Crippen LogP contribution in [0.2, 0.25) is 0 Å². The summed E-state index contributed by atoms with van der Waals surface area (Å²) in [5, 5.41) is 10.2. The molecule has 0 radical (unpaired) electrons. The first kappa shape index (κ1) is 18.5. The standard InChI is InChI=1S/C19H17BrN6O2S/c20-17-14-12(4-1-5-13(14)26(25-17)7-10-3-2-6-28-10)24-19(27)11-8-29-16-15(11)22-9-23-18(16)21/h1,4-5,8-10H,2-3,6-7H2,(H,24,27)(H2,21,22,23). The summed E-state index contributed by atoms with van der Waals surface area (Å²) < 4.78 is 9.07. The van der Waals surface area contributed by atoms with E-state index in [-0.39, 0.29) is 12.0 Å². The third-order valence-electron chi connectivity index (χ3n) is 5.01. The average molecular weight is 473 g/mol. The lowest BCUT2D eigenvalue weighted by Gasteiger charge is -2.11. The van der Waals surface area contributed by atoms with Crippen molar-refractivity contribution in [3.8, 4) is 0 Å². The van der Waals surface area contributed by atoms with Gasteiger partial charge in [0.25, 0.3) is 5.91 Å². The number of aromatic nitrogens is 4. The number of nitrogens with one attached hydrogen (secondary N) is 1. The molecule has 1 atom stereocenters. The summed E-state index contributed by atoms with van der Waals surface area (Å²) in [5.41, 5.74) is 8.53. The number of halogens is 1. The molecule has 1 unspecified atom stereocenters. The molecule has 1 fully saturated rings. The molecule has 1 aliphatic rings. The van der Waals surface area contributed by atoms with Gasteiger partial charge in [0.05, 0.1) is 45.0 Å². The van der Waals surface area contributed by atoms with Crippen LogP contribution in [-0.4, -0.2) is 38.4 Å². The number of nitrogen functional groups attached to an aromatic ring is 1. The number of rotatable bonds is 4. The van der Waals surface area contributed by atoms with E-state index < -0.39 is 0 Å². The molecule has 0 bridgehead atoms. The van der Waals surface area contributed by atoms with E-state index in [1.165, 1.54) is 17.7 Å². The Morgan fingerprint density at radius 3 is 3.14 bits per heavy atom. The van der Waals surface area contributed by atoms with Crippen LogP contribution in [0.5, 0.6) is 0 Å². The van der Waals surface area contributed by atoms with Crippen LogP contribution in [0.15, 0.2) is 34.5 Å². The van der Waals surface area contributed by atoms with Gasteiger partial charge in [-0.3, -0.25) is 9.48 Å². The van der Waals surface area contributed by atoms with Crippen LogP contribution in [0, 0.1) is 0 Å². The minimum atomic E-state index is -0.249. The highest BCUT2D eigenvalue weighted by Crippen LogP contribution is 2.33. The summed E-state index contributed by atoms with van der Waals surface area (Å²) in [4.78, 5) is 21.2. The van der Waals surface area contributed by atoms with Crippen molar-refractivity contribution in [3.05, 3.63) is 40.1 Å². The van der Waals surface area contributed by atoms with E-state index in [0.717, 1.165) is 30.4 Å². The number of amides is 1. The highest BCUT2D eigenvalue weighted by molar-refractivity contribution is 9.10. The molecule has 5 rings (SSSR count). The quantitative estimate of drug-likeness (QED) is 0.467. The maximum atomic E-state index is 13.0. The normalized spacial score (nSPS) is 16.7. The monoisotopic (exact) mass is 472 g/mol. The molecule has 1 saturated heterocycles. The van der Waals surface area contributed by atoms with Gasteiger partial charge in [0.1, 0.15) is 16.7 Å². The molecule has 3 aromatic heterocycles. The second-order valence-electron chi connectivity index (χ2n) is 6.85. The Kier molecular flexibility index (Phi) is 4.69. The second kappa shape index (κ2) is 7.36. The van der Waals surface area contributed by atoms with Gasteiger partial charge >= 0.3 is 0 Å². The third kappa shape index (κ3) is 3.26. The van der Waals surface area contributed by atoms with Gasteiger partial charge in [0, 0.05) is 12.0 Å². The number of fused-ring (bicyclic) bond motifs is 2. The second-order valence-corrected chi connectivity index (χ2v) is 8.48. The van der Waals surface area contributed by atoms with Gasteiger partial charge in [0.2, 0.25) is 0 Å². The maximum Gasteiger partial charge on any atom is 0.258 e. The van der Waals surface area contributed by atoms with E-state index in [2.05, 4.69) is 36.3 Å². The molecule has 0 spiro atoms. The Labute approximate surface area is 178 Å². The molecule has 1 amide bonds. The molecular formula is C19H17BrN6O2S. The zero-order valence-corrected chi connectivity index (χ0v) is 17.7. The first-order valence-electron chi connectivity index (χ1n) is 9.17. The number of carbonyl (C=O) groups is 1. The van der Waals surface area contributed by atoms with Crippen LogP contribution in [0.1, 0.15) is 23.2 Å². The lowest BCUT2D eigenvalue weighted by atomic mass is 10.2. The van der Waals surface area contributed by atoms with Crippen LogP contribution in [-0.2, 0) is 11.3 Å². The van der Waals surface area contributed by atoms with Crippen molar-refractivity contribution in [2.24, 2.45) is 0 Å². The summed E-state index contributed by atoms with van der Waals surface area (Å²) in [6.07, 6.45) is 3.65. The summed E-state index contributed by atoms with van der Waals surface area (Å²) in [6.45, 7) is 1.49. The lowest BCUT2D eigenvalue weighted by Crippen LogP contribution is -2.16. The Balaban J connectivity index is 1.49. The Morgan fingerprint density at radius 1 is 1.41 bits per heavy atom. The van der Waals surface area contributed by atoms with E-state index in [4.69, 9.17) is 10.5 Å². The number of ether oxygens (including phenoxy) is 1. The molecule has 4 aromatic rings. The smallest absolute Gasteiger partial charge is 0.258 e. The van der Waals surface area contributed by atoms with Crippen molar-refractivity contribution in [3.63, 3.8) is 0 Å². The fraction of sp³-hybridized carbons (Fsp3) is 0.263. The lowest BCUT2D eigenvalue weighted by molar-refractivity contribution is 0.0950. The molecule has 0 saturated carbocycles. The first-order chi connectivity index (χ1) is 14.1. The summed E-state index contributed by atoms with van der Waals surface area (Å²) in [5.74, 6) is 0.125. The molecule has 0 aliphatic carbocycles. The van der Waals surface area contributed by atoms with E-state index in [0.29, 0.717) is 38.4 Å². The SMILES string of the molecule is Nc1ncnc2c(C(=O)Nc3cccc4c3c(Br)nn4CC3CCCO3)csc12. The number of nitrogens with zero attached hydrogens (tertiary/aromatic N) is 4. The minimum Gasteiger partial charge on any atom is -0.382 e. The van der Waals surface area contributed by atoms with Crippen LogP contribution in [0.3, 0.4) is 0 Å². The third-order valence-corrected chi connectivity index (χ3v) is 6.56. The van der Waals surface area contributed by atoms with Crippen molar-refractivity contribution in [2.45, 2.75) is 25.5 Å². The van der Waals surface area contributed by atoms with E-state index in [1.807, 2.05) is 22.9 Å². The van der Waals surface area contributed by atoms with Crippen LogP contribution in [0.4, 0.5) is 11.5 Å². The molecule has 8 nitrogen and oxygen atoms in total. The van der Waals surface area contributed by atoms with Crippen molar-refractivity contribution in [2.75, 3.05) is 17.7 Å². The number of carbonyl (C=O) groups excluding carboxylic acids is 1. The van der Waals surface area contributed by atoms with Crippen molar-refractivity contribution in [1.29, 1.82) is 0 Å². The summed E-state index contributed by atoms with van der Waals surface area (Å²) in [7, 11) is 0. The van der Waals surface area contributed by atoms with E-state index in [1.54, 1.807) is 5.38 Å². The van der Waals surface area contributed by atoms with Crippen molar-refractivity contribution >= 4 is 65.8 Å². The van der Waals surface area contributed by atoms with Crippen LogP contribution < -0.4 is 11.1 Å². The highest BCUT2D eigenvalue weighted by Gasteiger charge is 2.21. The van der Waals surface area contributed by atoms with E-state index in [9.17, 15) is 4.79 Å². The topological polar surface area (TPSA) is 108 Å². The molecule has 4 heterocycles. The van der Waals surface area contributed by atoms with Crippen LogP contribution in [0.25, 0.3) is 21.1 Å². The first-order valence-corrected chi connectivity index (χ1v) is 10.8. The zero-order valence-electron chi connectivity index (χ0n) is 15.3. The van der Waals surface area contributed by atoms with Gasteiger partial charge < -0.3 is 15.8 Å². The predicted molar refractivity (Wildman–Crippen MR) is 116 cm³/mol. The maximum absolute atomic E-state index is 13.0. The molecule has 29 heavy (non-hydrogen) atoms. The predicted octanol–water partition coefficient (Wildman–Crippen LogP) is 3.82. The number of hydrogen-bond acceptors (Lipinski definition) is 7. The molecule has 3 N–H and O–H groups in total. The zero-order chi connectivity index (χ0) is 20.0. The van der Waals surface area contributed by atoms with Gasteiger partial charge in [-0.25, -0.2) is 9.97 Å². The molecule has 10 heteroatoms.